The first-order valence-corrected chi connectivity index (χ1v) is 9.87. The van der Waals surface area contributed by atoms with Crippen LogP contribution in [0, 0.1) is 6.92 Å². The Morgan fingerprint density at radius 2 is 1.63 bits per heavy atom. The second kappa shape index (κ2) is 10.9. The molecule has 0 amide bonds. The van der Waals surface area contributed by atoms with Crippen molar-refractivity contribution in [2.45, 2.75) is 60.8 Å². The number of hydrogen-bond donors (Lipinski definition) is 1. The second-order valence-electron chi connectivity index (χ2n) is 6.45. The molecule has 1 N–H and O–H groups in total. The van der Waals surface area contributed by atoms with Gasteiger partial charge in [-0.3, -0.25) is 9.78 Å². The van der Waals surface area contributed by atoms with E-state index in [1.807, 2.05) is 19.9 Å². The molecule has 4 heteroatoms. The SMILES string of the molecule is CC/C(=C(\CC)c1cc(Cl)ccc1O)c1cnc(C)c(C(C)=O)c1.CCC. The maximum absolute atomic E-state index is 11.8. The van der Waals surface area contributed by atoms with E-state index in [9.17, 15) is 9.90 Å². The molecule has 0 saturated carbocycles. The van der Waals surface area contributed by atoms with Crippen LogP contribution in [0.15, 0.2) is 30.5 Å². The van der Waals surface area contributed by atoms with Crippen LogP contribution in [0.2, 0.25) is 5.02 Å². The lowest BCUT2D eigenvalue weighted by atomic mass is 9.90. The van der Waals surface area contributed by atoms with Gasteiger partial charge in [-0.15, -0.1) is 0 Å². The quantitative estimate of drug-likeness (QED) is 0.556. The lowest BCUT2D eigenvalue weighted by molar-refractivity contribution is 0.101. The summed E-state index contributed by atoms with van der Waals surface area (Å²) in [5.41, 5.74) is 5.06. The molecule has 2 aromatic rings. The number of aryl methyl sites for hydroxylation is 1. The number of aromatic hydroxyl groups is 1. The Labute approximate surface area is 168 Å². The Kier molecular flexibility index (Phi) is 9.23. The minimum absolute atomic E-state index is 0.000884. The van der Waals surface area contributed by atoms with Crippen LogP contribution in [0.3, 0.4) is 0 Å². The van der Waals surface area contributed by atoms with Crippen molar-refractivity contribution in [1.29, 1.82) is 0 Å². The Balaban J connectivity index is 0.00000114. The van der Waals surface area contributed by atoms with E-state index in [-0.39, 0.29) is 11.5 Å². The number of Topliss-reactive ketones (excluding diaryl/α,β-unsaturated/α-hetero) is 1. The van der Waals surface area contributed by atoms with Crippen LogP contribution in [0.5, 0.6) is 5.75 Å². The Hall–Kier alpha value is -2.13. The number of allylic oxidation sites excluding steroid dienone is 2. The molecular formula is C23H30ClNO2. The maximum Gasteiger partial charge on any atom is 0.161 e. The molecule has 0 aliphatic heterocycles. The Bertz CT molecular complexity index is 825. The summed E-state index contributed by atoms with van der Waals surface area (Å²) < 4.78 is 0. The minimum atomic E-state index is 0.000884. The summed E-state index contributed by atoms with van der Waals surface area (Å²) in [4.78, 5) is 16.2. The summed E-state index contributed by atoms with van der Waals surface area (Å²) in [6.45, 7) is 11.7. The highest BCUT2D eigenvalue weighted by Crippen LogP contribution is 2.37. The van der Waals surface area contributed by atoms with Gasteiger partial charge in [-0.2, -0.15) is 0 Å². The number of ketones is 1. The summed E-state index contributed by atoms with van der Waals surface area (Å²) >= 11 is 6.11. The Morgan fingerprint density at radius 3 is 2.15 bits per heavy atom. The number of pyridine rings is 1. The van der Waals surface area contributed by atoms with Gasteiger partial charge in [0.1, 0.15) is 5.75 Å². The number of halogens is 1. The molecule has 1 aromatic heterocycles. The van der Waals surface area contributed by atoms with Gasteiger partial charge in [-0.1, -0.05) is 45.7 Å². The summed E-state index contributed by atoms with van der Waals surface area (Å²) in [5.74, 6) is 0.204. The lowest BCUT2D eigenvalue weighted by Gasteiger charge is -2.16. The zero-order valence-corrected chi connectivity index (χ0v) is 17.9. The van der Waals surface area contributed by atoms with Crippen LogP contribution >= 0.6 is 11.6 Å². The molecule has 146 valence electrons. The van der Waals surface area contributed by atoms with E-state index < -0.39 is 0 Å². The van der Waals surface area contributed by atoms with Crippen LogP contribution in [0.25, 0.3) is 11.1 Å². The molecule has 27 heavy (non-hydrogen) atoms. The molecule has 0 aliphatic rings. The third-order valence-electron chi connectivity index (χ3n) is 4.17. The van der Waals surface area contributed by atoms with Crippen molar-refractivity contribution in [1.82, 2.24) is 4.98 Å². The molecule has 0 atom stereocenters. The predicted octanol–water partition coefficient (Wildman–Crippen LogP) is 7.10. The number of carbonyl (C=O) groups excluding carboxylic acids is 1. The van der Waals surface area contributed by atoms with Gasteiger partial charge in [0.15, 0.2) is 5.78 Å². The van der Waals surface area contributed by atoms with Crippen molar-refractivity contribution in [2.75, 3.05) is 0 Å². The van der Waals surface area contributed by atoms with Crippen molar-refractivity contribution in [3.8, 4) is 5.75 Å². The van der Waals surface area contributed by atoms with Crippen molar-refractivity contribution < 1.29 is 9.90 Å². The van der Waals surface area contributed by atoms with Crippen LogP contribution < -0.4 is 0 Å². The Morgan fingerprint density at radius 1 is 1.04 bits per heavy atom. The van der Waals surface area contributed by atoms with Gasteiger partial charge in [0.05, 0.1) is 0 Å². The highest BCUT2D eigenvalue weighted by Gasteiger charge is 2.15. The molecule has 0 fully saturated rings. The highest BCUT2D eigenvalue weighted by atomic mass is 35.5. The van der Waals surface area contributed by atoms with Gasteiger partial charge in [-0.05, 0) is 67.7 Å². The fourth-order valence-electron chi connectivity index (χ4n) is 2.96. The van der Waals surface area contributed by atoms with E-state index in [0.29, 0.717) is 10.6 Å². The van der Waals surface area contributed by atoms with Gasteiger partial charge in [0.2, 0.25) is 0 Å². The normalized spacial score (nSPS) is 11.4. The summed E-state index contributed by atoms with van der Waals surface area (Å²) in [6.07, 6.45) is 4.54. The van der Waals surface area contributed by atoms with Gasteiger partial charge in [0, 0.05) is 28.0 Å². The van der Waals surface area contributed by atoms with Gasteiger partial charge in [-0.25, -0.2) is 0 Å². The van der Waals surface area contributed by atoms with Crippen LogP contribution in [-0.4, -0.2) is 15.9 Å². The summed E-state index contributed by atoms with van der Waals surface area (Å²) in [7, 11) is 0. The topological polar surface area (TPSA) is 50.2 Å². The fourth-order valence-corrected chi connectivity index (χ4v) is 3.13. The van der Waals surface area contributed by atoms with Gasteiger partial charge < -0.3 is 5.11 Å². The number of benzene rings is 1. The molecule has 0 bridgehead atoms. The molecule has 1 aromatic carbocycles. The molecule has 0 aliphatic carbocycles. The number of phenols is 1. The van der Waals surface area contributed by atoms with E-state index in [1.54, 1.807) is 31.3 Å². The average molecular weight is 388 g/mol. The first-order chi connectivity index (χ1) is 12.8. The lowest BCUT2D eigenvalue weighted by Crippen LogP contribution is -2.01. The molecule has 0 spiro atoms. The van der Waals surface area contributed by atoms with Crippen molar-refractivity contribution in [2.24, 2.45) is 0 Å². The standard InChI is InChI=1S/C20H22ClNO2.C3H8/c1-5-16(14-9-18(13(4)23)12(3)22-11-14)17(6-2)19-10-15(21)7-8-20(19)24;1-3-2/h7-11,24H,5-6H2,1-4H3;3H2,1-2H3/b17-16-;. The zero-order valence-electron chi connectivity index (χ0n) is 17.2. The van der Waals surface area contributed by atoms with Crippen LogP contribution in [-0.2, 0) is 0 Å². The highest BCUT2D eigenvalue weighted by molar-refractivity contribution is 6.30. The first kappa shape index (κ1) is 22.9. The average Bonchev–Trinajstić information content (AvgIpc) is 2.63. The largest absolute Gasteiger partial charge is 0.507 e. The third kappa shape index (κ3) is 5.93. The molecule has 2 rings (SSSR count). The summed E-state index contributed by atoms with van der Waals surface area (Å²) in [5, 5.41) is 10.8. The van der Waals surface area contributed by atoms with Gasteiger partial charge >= 0.3 is 0 Å². The maximum atomic E-state index is 11.8. The monoisotopic (exact) mass is 387 g/mol. The minimum Gasteiger partial charge on any atom is -0.507 e. The van der Waals surface area contributed by atoms with Crippen molar-refractivity contribution in [3.05, 3.63) is 57.9 Å². The number of hydrogen-bond acceptors (Lipinski definition) is 3. The second-order valence-corrected chi connectivity index (χ2v) is 6.88. The number of carbonyl (C=O) groups is 1. The number of phenolic OH excluding ortho intramolecular Hbond substituents is 1. The van der Waals surface area contributed by atoms with Crippen molar-refractivity contribution in [3.63, 3.8) is 0 Å². The zero-order chi connectivity index (χ0) is 20.6. The molecular weight excluding hydrogens is 358 g/mol. The van der Waals surface area contributed by atoms with E-state index in [2.05, 4.69) is 25.8 Å². The molecule has 0 unspecified atom stereocenters. The molecule has 3 nitrogen and oxygen atoms in total. The molecule has 1 heterocycles. The van der Waals surface area contributed by atoms with E-state index >= 15 is 0 Å². The van der Waals surface area contributed by atoms with E-state index in [0.717, 1.165) is 40.8 Å². The smallest absolute Gasteiger partial charge is 0.161 e. The third-order valence-corrected chi connectivity index (χ3v) is 4.40. The van der Waals surface area contributed by atoms with Crippen LogP contribution in [0.4, 0.5) is 0 Å². The number of nitrogens with zero attached hydrogens (tertiary/aromatic N) is 1. The van der Waals surface area contributed by atoms with E-state index in [1.165, 1.54) is 6.42 Å². The molecule has 0 saturated heterocycles. The van der Waals surface area contributed by atoms with Crippen LogP contribution in [0.1, 0.15) is 81.1 Å². The number of aromatic nitrogens is 1. The predicted molar refractivity (Wildman–Crippen MR) is 115 cm³/mol. The first-order valence-electron chi connectivity index (χ1n) is 9.49. The van der Waals surface area contributed by atoms with Gasteiger partial charge in [0.25, 0.3) is 0 Å². The van der Waals surface area contributed by atoms with Crippen molar-refractivity contribution >= 4 is 28.5 Å². The van der Waals surface area contributed by atoms with E-state index in [4.69, 9.17) is 11.6 Å². The number of rotatable bonds is 5. The fraction of sp³-hybridized carbons (Fsp3) is 0.391. The molecule has 0 radical (unpaired) electrons. The summed E-state index contributed by atoms with van der Waals surface area (Å²) in [6, 6.07) is 6.94.